The molecule has 1 aromatic carbocycles. The molecule has 26 heavy (non-hydrogen) atoms. The van der Waals surface area contributed by atoms with Gasteiger partial charge in [0.25, 0.3) is 5.91 Å². The van der Waals surface area contributed by atoms with E-state index in [-0.39, 0.29) is 25.7 Å². The average molecular weight is 357 g/mol. The highest BCUT2D eigenvalue weighted by Gasteiger charge is 2.25. The van der Waals surface area contributed by atoms with E-state index in [0.717, 1.165) is 42.6 Å². The second-order valence-corrected chi connectivity index (χ2v) is 6.43. The fourth-order valence-corrected chi connectivity index (χ4v) is 3.16. The lowest BCUT2D eigenvalue weighted by Crippen LogP contribution is -2.29. The lowest BCUT2D eigenvalue weighted by molar-refractivity contribution is -0.142. The molecule has 0 unspecified atom stereocenters. The molecule has 138 valence electrons. The van der Waals surface area contributed by atoms with Crippen molar-refractivity contribution in [1.29, 1.82) is 0 Å². The Hall–Kier alpha value is -2.67. The van der Waals surface area contributed by atoms with Gasteiger partial charge in [-0.05, 0) is 44.7 Å². The van der Waals surface area contributed by atoms with Crippen LogP contribution in [-0.4, -0.2) is 46.5 Å². The summed E-state index contributed by atoms with van der Waals surface area (Å²) in [7, 11) is 0. The van der Waals surface area contributed by atoms with Gasteiger partial charge in [-0.1, -0.05) is 17.7 Å². The van der Waals surface area contributed by atoms with Gasteiger partial charge >= 0.3 is 5.97 Å². The first-order valence-electron chi connectivity index (χ1n) is 8.82. The van der Waals surface area contributed by atoms with E-state index in [1.165, 1.54) is 5.56 Å². The van der Waals surface area contributed by atoms with E-state index in [9.17, 15) is 9.59 Å². The number of carbonyl (C=O) groups is 2. The van der Waals surface area contributed by atoms with Crippen molar-refractivity contribution in [3.63, 3.8) is 0 Å². The zero-order chi connectivity index (χ0) is 18.5. The highest BCUT2D eigenvalue weighted by atomic mass is 16.5. The number of aryl methyl sites for hydroxylation is 1. The van der Waals surface area contributed by atoms with Crippen LogP contribution in [0.5, 0.6) is 0 Å². The number of hydrogen-bond donors (Lipinski definition) is 2. The molecule has 1 aromatic heterocycles. The molecule has 3 rings (SSSR count). The van der Waals surface area contributed by atoms with Crippen LogP contribution in [0.2, 0.25) is 0 Å². The molecule has 0 saturated heterocycles. The first kappa shape index (κ1) is 18.1. The van der Waals surface area contributed by atoms with Gasteiger partial charge in [0, 0.05) is 17.8 Å². The SMILES string of the molecule is Cc1ccc(-n2nc(C(=O)NCCOCC(=O)O)c3c2CCCC3)cc1. The number of carbonyl (C=O) groups excluding carboxylic acids is 1. The zero-order valence-electron chi connectivity index (χ0n) is 14.8. The van der Waals surface area contributed by atoms with Gasteiger partial charge in [0.2, 0.25) is 0 Å². The third-order valence-electron chi connectivity index (χ3n) is 4.43. The quantitative estimate of drug-likeness (QED) is 0.738. The van der Waals surface area contributed by atoms with E-state index in [4.69, 9.17) is 9.84 Å². The lowest BCUT2D eigenvalue weighted by atomic mass is 9.95. The van der Waals surface area contributed by atoms with Gasteiger partial charge in [0.05, 0.1) is 12.3 Å². The number of ether oxygens (including phenoxy) is 1. The van der Waals surface area contributed by atoms with E-state index in [1.54, 1.807) is 0 Å². The number of rotatable bonds is 7. The van der Waals surface area contributed by atoms with Gasteiger partial charge in [-0.3, -0.25) is 4.79 Å². The Morgan fingerprint density at radius 1 is 1.23 bits per heavy atom. The summed E-state index contributed by atoms with van der Waals surface area (Å²) in [4.78, 5) is 23.0. The van der Waals surface area contributed by atoms with Crippen LogP contribution in [0.15, 0.2) is 24.3 Å². The summed E-state index contributed by atoms with van der Waals surface area (Å²) in [6.07, 6.45) is 3.90. The minimum absolute atomic E-state index is 0.152. The van der Waals surface area contributed by atoms with Gasteiger partial charge in [-0.25, -0.2) is 9.48 Å². The monoisotopic (exact) mass is 357 g/mol. The Balaban J connectivity index is 1.76. The fraction of sp³-hybridized carbons (Fsp3) is 0.421. The van der Waals surface area contributed by atoms with Crippen molar-refractivity contribution >= 4 is 11.9 Å². The molecule has 7 nitrogen and oxygen atoms in total. The summed E-state index contributed by atoms with van der Waals surface area (Å²) in [6.45, 7) is 2.07. The van der Waals surface area contributed by atoms with E-state index < -0.39 is 5.97 Å². The molecule has 1 aliphatic carbocycles. The molecule has 0 spiro atoms. The molecule has 2 N–H and O–H groups in total. The highest BCUT2D eigenvalue weighted by Crippen LogP contribution is 2.27. The van der Waals surface area contributed by atoms with E-state index in [2.05, 4.69) is 10.4 Å². The molecule has 0 bridgehead atoms. The lowest BCUT2D eigenvalue weighted by Gasteiger charge is -2.14. The maximum Gasteiger partial charge on any atom is 0.329 e. The highest BCUT2D eigenvalue weighted by molar-refractivity contribution is 5.94. The third-order valence-corrected chi connectivity index (χ3v) is 4.43. The Kier molecular flexibility index (Phi) is 5.68. The topological polar surface area (TPSA) is 93.5 Å². The Morgan fingerprint density at radius 2 is 1.96 bits per heavy atom. The molecule has 1 amide bonds. The minimum atomic E-state index is -1.03. The number of aliphatic carboxylic acids is 1. The number of aromatic nitrogens is 2. The van der Waals surface area contributed by atoms with Crippen LogP contribution in [0, 0.1) is 6.92 Å². The van der Waals surface area contributed by atoms with Crippen LogP contribution >= 0.6 is 0 Å². The van der Waals surface area contributed by atoms with Crippen molar-refractivity contribution in [2.75, 3.05) is 19.8 Å². The van der Waals surface area contributed by atoms with Crippen LogP contribution in [0.1, 0.15) is 40.2 Å². The summed E-state index contributed by atoms with van der Waals surface area (Å²) >= 11 is 0. The zero-order valence-corrected chi connectivity index (χ0v) is 14.8. The number of amides is 1. The molecule has 0 fully saturated rings. The van der Waals surface area contributed by atoms with Crippen molar-refractivity contribution in [3.8, 4) is 5.69 Å². The van der Waals surface area contributed by atoms with Crippen LogP contribution in [-0.2, 0) is 22.4 Å². The normalized spacial score (nSPS) is 13.3. The predicted molar refractivity (Wildman–Crippen MR) is 95.7 cm³/mol. The molecule has 1 heterocycles. The number of carboxylic acids is 1. The van der Waals surface area contributed by atoms with Gasteiger partial charge in [-0.15, -0.1) is 0 Å². The summed E-state index contributed by atoms with van der Waals surface area (Å²) in [5.41, 5.74) is 4.71. The number of nitrogens with zero attached hydrogens (tertiary/aromatic N) is 2. The summed E-state index contributed by atoms with van der Waals surface area (Å²) in [5.74, 6) is -1.27. The van der Waals surface area contributed by atoms with E-state index in [0.29, 0.717) is 5.69 Å². The van der Waals surface area contributed by atoms with Gasteiger partial charge in [0.15, 0.2) is 5.69 Å². The first-order chi connectivity index (χ1) is 12.6. The van der Waals surface area contributed by atoms with Gasteiger partial charge in [-0.2, -0.15) is 5.10 Å². The van der Waals surface area contributed by atoms with Gasteiger partial charge < -0.3 is 15.2 Å². The second-order valence-electron chi connectivity index (χ2n) is 6.43. The summed E-state index contributed by atoms with van der Waals surface area (Å²) in [6, 6.07) is 8.09. The number of benzene rings is 1. The molecule has 2 aromatic rings. The largest absolute Gasteiger partial charge is 0.480 e. The Labute approximate surface area is 152 Å². The number of hydrogen-bond acceptors (Lipinski definition) is 4. The number of carboxylic acid groups (broad SMARTS) is 1. The first-order valence-corrected chi connectivity index (χ1v) is 8.82. The molecule has 0 atom stereocenters. The van der Waals surface area contributed by atoms with Gasteiger partial charge in [0.1, 0.15) is 6.61 Å². The number of nitrogens with one attached hydrogen (secondary N) is 1. The van der Waals surface area contributed by atoms with E-state index >= 15 is 0 Å². The minimum Gasteiger partial charge on any atom is -0.480 e. The average Bonchev–Trinajstić information content (AvgIpc) is 3.01. The van der Waals surface area contributed by atoms with Crippen molar-refractivity contribution in [3.05, 3.63) is 46.8 Å². The summed E-state index contributed by atoms with van der Waals surface area (Å²) < 4.78 is 6.82. The standard InChI is InChI=1S/C19H23N3O4/c1-13-6-8-14(9-7-13)22-16-5-3-2-4-15(16)18(21-22)19(25)20-10-11-26-12-17(23)24/h6-9H,2-5,10-12H2,1H3,(H,20,25)(H,23,24). The Morgan fingerprint density at radius 3 is 2.69 bits per heavy atom. The van der Waals surface area contributed by atoms with Crippen molar-refractivity contribution < 1.29 is 19.4 Å². The Bertz CT molecular complexity index is 796. The van der Waals surface area contributed by atoms with Crippen LogP contribution in [0.25, 0.3) is 5.69 Å². The maximum absolute atomic E-state index is 12.6. The molecule has 0 aliphatic heterocycles. The van der Waals surface area contributed by atoms with Crippen LogP contribution in [0.4, 0.5) is 0 Å². The second kappa shape index (κ2) is 8.14. The fourth-order valence-electron chi connectivity index (χ4n) is 3.16. The summed E-state index contributed by atoms with van der Waals surface area (Å²) in [5, 5.41) is 15.9. The van der Waals surface area contributed by atoms with Crippen molar-refractivity contribution in [2.45, 2.75) is 32.6 Å². The molecular formula is C19H23N3O4. The molecular weight excluding hydrogens is 334 g/mol. The van der Waals surface area contributed by atoms with Crippen LogP contribution < -0.4 is 5.32 Å². The third kappa shape index (κ3) is 4.11. The van der Waals surface area contributed by atoms with Crippen LogP contribution in [0.3, 0.4) is 0 Å². The molecule has 7 heteroatoms. The smallest absolute Gasteiger partial charge is 0.329 e. The van der Waals surface area contributed by atoms with E-state index in [1.807, 2.05) is 35.9 Å². The number of fused-ring (bicyclic) bond motifs is 1. The van der Waals surface area contributed by atoms with Crippen molar-refractivity contribution in [1.82, 2.24) is 15.1 Å². The molecule has 1 aliphatic rings. The maximum atomic E-state index is 12.6. The van der Waals surface area contributed by atoms with Crippen molar-refractivity contribution in [2.24, 2.45) is 0 Å². The predicted octanol–water partition coefficient (Wildman–Crippen LogP) is 1.89. The molecule has 0 saturated carbocycles. The molecule has 0 radical (unpaired) electrons.